The fraction of sp³-hybridized carbons (Fsp3) is 0.500. The first-order chi connectivity index (χ1) is 20.6. The maximum Gasteiger partial charge on any atom is 0.258 e. The van der Waals surface area contributed by atoms with E-state index in [0.717, 1.165) is 11.8 Å². The summed E-state index contributed by atoms with van der Waals surface area (Å²) in [5, 5.41) is 5.73. The maximum atomic E-state index is 13.9. The number of carbonyl (C=O) groups excluding carboxylic acids is 3. The number of rotatable bonds is 5. The summed E-state index contributed by atoms with van der Waals surface area (Å²) in [7, 11) is -3.49. The Morgan fingerprint density at radius 2 is 1.81 bits per heavy atom. The number of nitrogens with one attached hydrogen (secondary N) is 3. The van der Waals surface area contributed by atoms with Crippen molar-refractivity contribution in [3.8, 4) is 5.75 Å². The molecule has 0 unspecified atom stereocenters. The summed E-state index contributed by atoms with van der Waals surface area (Å²) in [5.41, 5.74) is 2.11. The molecule has 13 heteroatoms. The molecule has 0 aliphatic carbocycles. The van der Waals surface area contributed by atoms with Crippen LogP contribution >= 0.6 is 0 Å². The highest BCUT2D eigenvalue weighted by Gasteiger charge is 2.39. The number of hydrogen-bond acceptors (Lipinski definition) is 8. The highest BCUT2D eigenvalue weighted by molar-refractivity contribution is 7.88. The van der Waals surface area contributed by atoms with Crippen molar-refractivity contribution in [3.05, 3.63) is 59.7 Å². The van der Waals surface area contributed by atoms with Crippen molar-refractivity contribution in [2.45, 2.75) is 57.0 Å². The number of benzene rings is 2. The van der Waals surface area contributed by atoms with Crippen LogP contribution in [-0.2, 0) is 30.9 Å². The van der Waals surface area contributed by atoms with Gasteiger partial charge in [0, 0.05) is 57.8 Å². The molecule has 0 radical (unpaired) electrons. The van der Waals surface area contributed by atoms with Gasteiger partial charge in [-0.3, -0.25) is 19.3 Å². The monoisotopic (exact) mass is 613 g/mol. The van der Waals surface area contributed by atoms with E-state index < -0.39 is 28.2 Å². The Hall–Kier alpha value is -3.52. The second-order valence-electron chi connectivity index (χ2n) is 11.4. The third kappa shape index (κ3) is 8.11. The summed E-state index contributed by atoms with van der Waals surface area (Å²) < 4.78 is 39.1. The molecule has 5 rings (SSSR count). The van der Waals surface area contributed by atoms with Crippen LogP contribution in [0.15, 0.2) is 48.5 Å². The van der Waals surface area contributed by atoms with E-state index in [2.05, 4.69) is 20.3 Å². The highest BCUT2D eigenvalue weighted by atomic mass is 32.2. The maximum absolute atomic E-state index is 13.9. The van der Waals surface area contributed by atoms with Crippen LogP contribution in [0.5, 0.6) is 5.75 Å². The summed E-state index contributed by atoms with van der Waals surface area (Å²) in [4.78, 5) is 42.7. The number of anilines is 1. The summed E-state index contributed by atoms with van der Waals surface area (Å²) in [5.74, 6) is -0.305. The minimum absolute atomic E-state index is 0.100. The number of sulfonamides is 1. The molecular formula is C30H39N5O7S. The number of hydrogen-bond donors (Lipinski definition) is 3. The second-order valence-corrected chi connectivity index (χ2v) is 13.2. The Bertz CT molecular complexity index is 1430. The quantitative estimate of drug-likeness (QED) is 0.458. The Kier molecular flexibility index (Phi) is 9.65. The lowest BCUT2D eigenvalue weighted by atomic mass is 9.97. The summed E-state index contributed by atoms with van der Waals surface area (Å²) in [6.45, 7) is 3.62. The largest absolute Gasteiger partial charge is 0.493 e. The topological polar surface area (TPSA) is 146 Å². The second kappa shape index (κ2) is 13.4. The van der Waals surface area contributed by atoms with E-state index in [1.165, 1.54) is 6.92 Å². The number of fused-ring (bicyclic) bond motifs is 4. The first-order valence-electron chi connectivity index (χ1n) is 14.6. The zero-order chi connectivity index (χ0) is 30.6. The van der Waals surface area contributed by atoms with E-state index in [4.69, 9.17) is 9.47 Å². The molecule has 0 saturated carbocycles. The normalized spacial score (nSPS) is 25.4. The number of amides is 3. The Balaban J connectivity index is 1.38. The van der Waals surface area contributed by atoms with Gasteiger partial charge in [0.15, 0.2) is 0 Å². The fourth-order valence-corrected chi connectivity index (χ4v) is 6.74. The molecule has 43 heavy (non-hydrogen) atoms. The van der Waals surface area contributed by atoms with E-state index in [1.807, 2.05) is 30.3 Å². The molecule has 12 nitrogen and oxygen atoms in total. The van der Waals surface area contributed by atoms with Gasteiger partial charge in [-0.15, -0.1) is 0 Å². The third-order valence-electron chi connectivity index (χ3n) is 7.98. The molecule has 0 spiro atoms. The van der Waals surface area contributed by atoms with Gasteiger partial charge < -0.3 is 25.0 Å². The van der Waals surface area contributed by atoms with Crippen LogP contribution in [-0.4, -0.2) is 99.3 Å². The summed E-state index contributed by atoms with van der Waals surface area (Å²) in [6, 6.07) is 13.3. The van der Waals surface area contributed by atoms with Gasteiger partial charge in [-0.25, -0.2) is 13.1 Å². The first-order valence-corrected chi connectivity index (χ1v) is 16.5. The fourth-order valence-electron chi connectivity index (χ4n) is 5.92. The van der Waals surface area contributed by atoms with Gasteiger partial charge in [-0.2, -0.15) is 0 Å². The van der Waals surface area contributed by atoms with Crippen molar-refractivity contribution in [2.75, 3.05) is 44.4 Å². The highest BCUT2D eigenvalue weighted by Crippen LogP contribution is 2.27. The molecule has 2 bridgehead atoms. The number of piperazine rings is 1. The average molecular weight is 614 g/mol. The summed E-state index contributed by atoms with van der Waals surface area (Å²) >= 11 is 0. The molecule has 0 aromatic heterocycles. The minimum atomic E-state index is -3.49. The predicted molar refractivity (Wildman–Crippen MR) is 160 cm³/mol. The molecule has 4 atom stereocenters. The van der Waals surface area contributed by atoms with E-state index in [9.17, 15) is 22.8 Å². The molecule has 2 saturated heterocycles. The van der Waals surface area contributed by atoms with Crippen LogP contribution < -0.4 is 20.1 Å². The van der Waals surface area contributed by atoms with Crippen molar-refractivity contribution in [3.63, 3.8) is 0 Å². The molecule has 3 aliphatic heterocycles. The predicted octanol–water partition coefficient (Wildman–Crippen LogP) is 1.34. The first kappa shape index (κ1) is 30.9. The smallest absolute Gasteiger partial charge is 0.258 e. The zero-order valence-electron chi connectivity index (χ0n) is 24.5. The Morgan fingerprint density at radius 1 is 1.05 bits per heavy atom. The van der Waals surface area contributed by atoms with Crippen LogP contribution in [0.1, 0.15) is 42.1 Å². The number of ether oxygens (including phenoxy) is 2. The lowest BCUT2D eigenvalue weighted by molar-refractivity contribution is -0.130. The zero-order valence-corrected chi connectivity index (χ0v) is 25.3. The van der Waals surface area contributed by atoms with Crippen LogP contribution in [0.2, 0.25) is 0 Å². The third-order valence-corrected chi connectivity index (χ3v) is 8.71. The van der Waals surface area contributed by atoms with E-state index in [1.54, 1.807) is 23.1 Å². The van der Waals surface area contributed by atoms with Gasteiger partial charge >= 0.3 is 0 Å². The van der Waals surface area contributed by atoms with Crippen molar-refractivity contribution >= 4 is 33.4 Å². The van der Waals surface area contributed by atoms with E-state index >= 15 is 0 Å². The number of para-hydroxylation sites is 1. The summed E-state index contributed by atoms with van der Waals surface area (Å²) in [6.07, 6.45) is 2.13. The van der Waals surface area contributed by atoms with Crippen molar-refractivity contribution in [1.82, 2.24) is 19.8 Å². The van der Waals surface area contributed by atoms with Crippen LogP contribution in [0, 0.1) is 0 Å². The molecule has 3 heterocycles. The lowest BCUT2D eigenvalue weighted by Gasteiger charge is -2.41. The van der Waals surface area contributed by atoms with Crippen LogP contribution in [0.4, 0.5) is 5.69 Å². The Labute approximate surface area is 252 Å². The van der Waals surface area contributed by atoms with Crippen LogP contribution in [0.25, 0.3) is 0 Å². The molecule has 3 amide bonds. The SMILES string of the molecule is CC(=O)Nc1ccc(CN2CCN3C(=O)c4ccccc4OCC[C@@H]4CC[C@@H](NS(C)(=O)=O)[C@@H](CNC(=O)[C@@H]3C2)O4)cc1. The van der Waals surface area contributed by atoms with Crippen molar-refractivity contribution in [2.24, 2.45) is 0 Å². The molecule has 2 fully saturated rings. The van der Waals surface area contributed by atoms with Crippen LogP contribution in [0.3, 0.4) is 0 Å². The van der Waals surface area contributed by atoms with Gasteiger partial charge in [0.2, 0.25) is 21.8 Å². The van der Waals surface area contributed by atoms with Gasteiger partial charge in [-0.1, -0.05) is 24.3 Å². The Morgan fingerprint density at radius 3 is 2.56 bits per heavy atom. The minimum Gasteiger partial charge on any atom is -0.493 e. The molecular weight excluding hydrogens is 574 g/mol. The van der Waals surface area contributed by atoms with Crippen molar-refractivity contribution < 1.29 is 32.3 Å². The molecule has 3 aliphatic rings. The lowest BCUT2D eigenvalue weighted by Crippen LogP contribution is -2.61. The van der Waals surface area contributed by atoms with E-state index in [0.29, 0.717) is 69.0 Å². The van der Waals surface area contributed by atoms with Gasteiger partial charge in [0.1, 0.15) is 11.8 Å². The van der Waals surface area contributed by atoms with Crippen molar-refractivity contribution in [1.29, 1.82) is 0 Å². The van der Waals surface area contributed by atoms with Gasteiger partial charge in [0.25, 0.3) is 5.91 Å². The average Bonchev–Trinajstić information content (AvgIpc) is 2.96. The standard InChI is InChI=1S/C30H39N5O7S/c1-20(36)32-22-9-7-21(8-10-22)18-34-14-15-35-26(19-34)29(37)31-17-28-25(33-43(2,39)40)12-11-23(42-28)13-16-41-27-6-4-3-5-24(27)30(35)38/h3-10,23,25-26,28,33H,11-19H2,1-2H3,(H,31,37)(H,32,36)/t23-,25+,26-,28+/m0/s1. The van der Waals surface area contributed by atoms with E-state index in [-0.39, 0.29) is 30.4 Å². The number of carbonyl (C=O) groups is 3. The molecule has 232 valence electrons. The molecule has 2 aromatic carbocycles. The van der Waals surface area contributed by atoms with Gasteiger partial charge in [0.05, 0.1) is 30.6 Å². The number of nitrogens with zero attached hydrogens (tertiary/aromatic N) is 2. The molecule has 3 N–H and O–H groups in total. The molecule has 2 aromatic rings. The van der Waals surface area contributed by atoms with Gasteiger partial charge in [-0.05, 0) is 42.7 Å².